The second-order valence-corrected chi connectivity index (χ2v) is 4.28. The first-order valence-corrected chi connectivity index (χ1v) is 6.02. The van der Waals surface area contributed by atoms with Gasteiger partial charge in [-0.05, 0) is 31.3 Å². The zero-order valence-electron chi connectivity index (χ0n) is 10.6. The fraction of sp³-hybridized carbons (Fsp3) is 1.00. The van der Waals surface area contributed by atoms with Crippen LogP contribution in [-0.2, 0) is 0 Å². The molecule has 0 spiro atoms. The monoisotopic (exact) mass is 202 g/mol. The minimum absolute atomic E-state index is 0.662. The lowest BCUT2D eigenvalue weighted by atomic mass is 10.00. The van der Waals surface area contributed by atoms with Gasteiger partial charge < -0.3 is 11.5 Å². The van der Waals surface area contributed by atoms with Crippen LogP contribution in [0, 0.1) is 11.8 Å². The number of nitrogens with two attached hydrogens (primary N) is 2. The molecule has 0 bridgehead atoms. The standard InChI is InChI=1S/C8H19N.C4H11N/c1-3-5-6-8(4-2)7-9;1-4(2)3-5/h8H,3-7,9H2,1-2H3;4H,3,5H2,1-2H3. The highest BCUT2D eigenvalue weighted by molar-refractivity contribution is 4.56. The summed E-state index contributed by atoms with van der Waals surface area (Å²) in [6, 6.07) is 0. The van der Waals surface area contributed by atoms with Crippen molar-refractivity contribution in [2.24, 2.45) is 23.3 Å². The predicted octanol–water partition coefficient (Wildman–Crippen LogP) is 2.76. The molecule has 0 aliphatic carbocycles. The molecule has 0 aromatic heterocycles. The Labute approximate surface area is 90.4 Å². The molecule has 0 aliphatic heterocycles. The minimum atomic E-state index is 0.662. The molecule has 0 aliphatic rings. The first-order valence-electron chi connectivity index (χ1n) is 6.02. The first kappa shape index (κ1) is 16.4. The third kappa shape index (κ3) is 14.4. The van der Waals surface area contributed by atoms with Crippen molar-refractivity contribution in [1.82, 2.24) is 0 Å². The van der Waals surface area contributed by atoms with Gasteiger partial charge in [-0.25, -0.2) is 0 Å². The van der Waals surface area contributed by atoms with Crippen LogP contribution in [0.3, 0.4) is 0 Å². The molecule has 0 heterocycles. The summed E-state index contributed by atoms with van der Waals surface area (Å²) >= 11 is 0. The van der Waals surface area contributed by atoms with Crippen molar-refractivity contribution in [2.45, 2.75) is 53.4 Å². The molecular formula is C12H30N2. The van der Waals surface area contributed by atoms with Crippen LogP contribution < -0.4 is 11.5 Å². The van der Waals surface area contributed by atoms with Crippen LogP contribution in [0.4, 0.5) is 0 Å². The van der Waals surface area contributed by atoms with Crippen molar-refractivity contribution in [3.63, 3.8) is 0 Å². The van der Waals surface area contributed by atoms with E-state index in [0.717, 1.165) is 19.0 Å². The van der Waals surface area contributed by atoms with E-state index in [0.29, 0.717) is 5.92 Å². The molecule has 0 saturated carbocycles. The Hall–Kier alpha value is -0.0800. The summed E-state index contributed by atoms with van der Waals surface area (Å²) in [5.74, 6) is 1.44. The molecule has 0 aromatic rings. The topological polar surface area (TPSA) is 52.0 Å². The van der Waals surface area contributed by atoms with Gasteiger partial charge in [-0.2, -0.15) is 0 Å². The van der Waals surface area contributed by atoms with Gasteiger partial charge in [0.2, 0.25) is 0 Å². The van der Waals surface area contributed by atoms with Gasteiger partial charge in [-0.1, -0.05) is 47.0 Å². The van der Waals surface area contributed by atoms with Crippen molar-refractivity contribution >= 4 is 0 Å². The van der Waals surface area contributed by atoms with Gasteiger partial charge >= 0.3 is 0 Å². The van der Waals surface area contributed by atoms with E-state index in [9.17, 15) is 0 Å². The smallest absolute Gasteiger partial charge is 0.00490 e. The Morgan fingerprint density at radius 1 is 1.00 bits per heavy atom. The molecule has 0 radical (unpaired) electrons. The SMILES string of the molecule is CC(C)CN.CCCCC(CC)CN. The summed E-state index contributed by atoms with van der Waals surface area (Å²) < 4.78 is 0. The van der Waals surface area contributed by atoms with E-state index in [1.165, 1.54) is 25.7 Å². The number of hydrogen-bond donors (Lipinski definition) is 2. The van der Waals surface area contributed by atoms with E-state index < -0.39 is 0 Å². The average molecular weight is 202 g/mol. The molecule has 0 rings (SSSR count). The van der Waals surface area contributed by atoms with Gasteiger partial charge in [-0.15, -0.1) is 0 Å². The highest BCUT2D eigenvalue weighted by Crippen LogP contribution is 2.09. The largest absolute Gasteiger partial charge is 0.330 e. The second kappa shape index (κ2) is 12.9. The summed E-state index contributed by atoms with van der Waals surface area (Å²) in [6.07, 6.45) is 5.21. The van der Waals surface area contributed by atoms with Crippen molar-refractivity contribution < 1.29 is 0 Å². The van der Waals surface area contributed by atoms with Gasteiger partial charge in [0.15, 0.2) is 0 Å². The highest BCUT2D eigenvalue weighted by Gasteiger charge is 2.00. The normalized spacial score (nSPS) is 12.2. The van der Waals surface area contributed by atoms with E-state index in [4.69, 9.17) is 11.5 Å². The third-order valence-electron chi connectivity index (χ3n) is 2.35. The van der Waals surface area contributed by atoms with E-state index >= 15 is 0 Å². The van der Waals surface area contributed by atoms with Gasteiger partial charge in [-0.3, -0.25) is 0 Å². The molecule has 14 heavy (non-hydrogen) atoms. The maximum atomic E-state index is 5.52. The van der Waals surface area contributed by atoms with Gasteiger partial charge in [0.05, 0.1) is 0 Å². The molecule has 0 aromatic carbocycles. The summed E-state index contributed by atoms with van der Waals surface area (Å²) in [5.41, 5.74) is 10.7. The second-order valence-electron chi connectivity index (χ2n) is 4.28. The number of hydrogen-bond acceptors (Lipinski definition) is 2. The predicted molar refractivity (Wildman–Crippen MR) is 66.3 cm³/mol. The van der Waals surface area contributed by atoms with Gasteiger partial charge in [0, 0.05) is 0 Å². The summed E-state index contributed by atoms with van der Waals surface area (Å²) in [4.78, 5) is 0. The summed E-state index contributed by atoms with van der Waals surface area (Å²) in [7, 11) is 0. The quantitative estimate of drug-likeness (QED) is 0.696. The molecular weight excluding hydrogens is 172 g/mol. The molecule has 1 unspecified atom stereocenters. The fourth-order valence-corrected chi connectivity index (χ4v) is 0.981. The fourth-order valence-electron chi connectivity index (χ4n) is 0.981. The highest BCUT2D eigenvalue weighted by atomic mass is 14.5. The molecule has 2 nitrogen and oxygen atoms in total. The Morgan fingerprint density at radius 2 is 1.50 bits per heavy atom. The van der Waals surface area contributed by atoms with Gasteiger partial charge in [0.25, 0.3) is 0 Å². The van der Waals surface area contributed by atoms with E-state index in [1.807, 2.05) is 0 Å². The van der Waals surface area contributed by atoms with E-state index in [-0.39, 0.29) is 0 Å². The van der Waals surface area contributed by atoms with Gasteiger partial charge in [0.1, 0.15) is 0 Å². The third-order valence-corrected chi connectivity index (χ3v) is 2.35. The Kier molecular flexibility index (Phi) is 15.1. The molecule has 0 fully saturated rings. The minimum Gasteiger partial charge on any atom is -0.330 e. The number of unbranched alkanes of at least 4 members (excludes halogenated alkanes) is 1. The lowest BCUT2D eigenvalue weighted by Gasteiger charge is -2.09. The number of rotatable bonds is 6. The van der Waals surface area contributed by atoms with Crippen molar-refractivity contribution in [2.75, 3.05) is 13.1 Å². The first-order chi connectivity index (χ1) is 6.62. The van der Waals surface area contributed by atoms with Crippen LogP contribution in [0.5, 0.6) is 0 Å². The maximum Gasteiger partial charge on any atom is -0.00490 e. The van der Waals surface area contributed by atoms with E-state index in [2.05, 4.69) is 27.7 Å². The zero-order valence-corrected chi connectivity index (χ0v) is 10.6. The lowest BCUT2D eigenvalue weighted by molar-refractivity contribution is 0.461. The van der Waals surface area contributed by atoms with Crippen molar-refractivity contribution in [3.05, 3.63) is 0 Å². The molecule has 1 atom stereocenters. The Morgan fingerprint density at radius 3 is 1.71 bits per heavy atom. The lowest BCUT2D eigenvalue weighted by Crippen LogP contribution is -2.12. The molecule has 2 heteroatoms. The Bertz CT molecular complexity index is 88.3. The van der Waals surface area contributed by atoms with Crippen LogP contribution in [0.15, 0.2) is 0 Å². The van der Waals surface area contributed by atoms with E-state index in [1.54, 1.807) is 0 Å². The Balaban J connectivity index is 0. The summed E-state index contributed by atoms with van der Waals surface area (Å²) in [5, 5.41) is 0. The van der Waals surface area contributed by atoms with Crippen LogP contribution >= 0.6 is 0 Å². The van der Waals surface area contributed by atoms with Crippen LogP contribution in [0.2, 0.25) is 0 Å². The van der Waals surface area contributed by atoms with Crippen LogP contribution in [0.1, 0.15) is 53.4 Å². The average Bonchev–Trinajstić information content (AvgIpc) is 2.20. The molecule has 4 N–H and O–H groups in total. The van der Waals surface area contributed by atoms with Crippen LogP contribution in [-0.4, -0.2) is 13.1 Å². The maximum absolute atomic E-state index is 5.52. The van der Waals surface area contributed by atoms with Crippen LogP contribution in [0.25, 0.3) is 0 Å². The summed E-state index contributed by atoms with van der Waals surface area (Å²) in [6.45, 7) is 10.3. The molecule has 88 valence electrons. The molecule has 0 saturated heterocycles. The molecule has 0 amide bonds. The van der Waals surface area contributed by atoms with Crippen molar-refractivity contribution in [3.8, 4) is 0 Å². The zero-order chi connectivity index (χ0) is 11.4. The van der Waals surface area contributed by atoms with Crippen molar-refractivity contribution in [1.29, 1.82) is 0 Å².